The number of thiazole rings is 1. The average Bonchev–Trinajstić information content (AvgIpc) is 2.96. The number of ether oxygens (including phenoxy) is 3. The van der Waals surface area contributed by atoms with Gasteiger partial charge in [-0.05, 0) is 24.6 Å². The lowest BCUT2D eigenvalue weighted by atomic mass is 10.2. The van der Waals surface area contributed by atoms with Gasteiger partial charge < -0.3 is 18.8 Å². The third-order valence-corrected chi connectivity index (χ3v) is 5.05. The molecule has 0 radical (unpaired) electrons. The maximum atomic E-state index is 12.3. The van der Waals surface area contributed by atoms with E-state index in [0.29, 0.717) is 16.4 Å². The van der Waals surface area contributed by atoms with Gasteiger partial charge in [0.2, 0.25) is 5.76 Å². The summed E-state index contributed by atoms with van der Waals surface area (Å²) >= 11 is 7.48. The number of nitrogens with zero attached hydrogens (tertiary/aromatic N) is 2. The molecule has 1 aliphatic rings. The van der Waals surface area contributed by atoms with E-state index in [9.17, 15) is 9.59 Å². The highest BCUT2D eigenvalue weighted by Gasteiger charge is 2.18. The van der Waals surface area contributed by atoms with Crippen LogP contribution < -0.4 is 4.80 Å². The Labute approximate surface area is 152 Å². The number of esters is 1. The summed E-state index contributed by atoms with van der Waals surface area (Å²) in [6.07, 6.45) is 1.25. The standard InChI is InChI=1S/C16H15ClN2O5S/c1-9-10(17)3-4-12-14(9)19(7-13(20)22-2)16(25-12)18-15(21)11-8-23-5-6-24-11/h3-4,8H,5-7H2,1-2H3. The minimum absolute atomic E-state index is 0.0306. The molecule has 1 aliphatic heterocycles. The average molecular weight is 383 g/mol. The van der Waals surface area contributed by atoms with Gasteiger partial charge in [0.1, 0.15) is 26.0 Å². The lowest BCUT2D eigenvalue weighted by Crippen LogP contribution is -2.24. The van der Waals surface area contributed by atoms with E-state index >= 15 is 0 Å². The highest BCUT2D eigenvalue weighted by molar-refractivity contribution is 7.16. The predicted octanol–water partition coefficient (Wildman–Crippen LogP) is 2.15. The van der Waals surface area contributed by atoms with Gasteiger partial charge >= 0.3 is 11.9 Å². The van der Waals surface area contributed by atoms with Gasteiger partial charge in [-0.25, -0.2) is 0 Å². The molecule has 1 amide bonds. The van der Waals surface area contributed by atoms with Gasteiger partial charge in [0, 0.05) is 5.02 Å². The first-order chi connectivity index (χ1) is 12.0. The molecule has 0 fully saturated rings. The van der Waals surface area contributed by atoms with Crippen LogP contribution in [0.2, 0.25) is 5.02 Å². The molecule has 0 atom stereocenters. The number of fused-ring (bicyclic) bond motifs is 1. The predicted molar refractivity (Wildman–Crippen MR) is 92.1 cm³/mol. The molecule has 1 aromatic carbocycles. The molecule has 0 N–H and O–H groups in total. The van der Waals surface area contributed by atoms with E-state index in [1.54, 1.807) is 10.6 Å². The van der Waals surface area contributed by atoms with Crippen molar-refractivity contribution in [2.24, 2.45) is 4.99 Å². The first-order valence-corrected chi connectivity index (χ1v) is 8.59. The number of rotatable bonds is 3. The minimum Gasteiger partial charge on any atom is -0.494 e. The van der Waals surface area contributed by atoms with Crippen molar-refractivity contribution in [1.82, 2.24) is 4.57 Å². The van der Waals surface area contributed by atoms with Crippen LogP contribution in [-0.2, 0) is 30.3 Å². The normalized spacial score (nSPS) is 14.7. The molecular formula is C16H15ClN2O5S. The summed E-state index contributed by atoms with van der Waals surface area (Å²) < 4.78 is 17.6. The Morgan fingerprint density at radius 3 is 2.88 bits per heavy atom. The Hall–Kier alpha value is -2.32. The number of carbonyl (C=O) groups is 2. The fraction of sp³-hybridized carbons (Fsp3) is 0.312. The first kappa shape index (κ1) is 17.5. The van der Waals surface area contributed by atoms with Crippen LogP contribution in [0.5, 0.6) is 0 Å². The van der Waals surface area contributed by atoms with E-state index in [0.717, 1.165) is 15.8 Å². The molecule has 0 bridgehead atoms. The van der Waals surface area contributed by atoms with Gasteiger partial charge in [0.05, 0.1) is 17.3 Å². The van der Waals surface area contributed by atoms with Crippen LogP contribution in [0.4, 0.5) is 0 Å². The van der Waals surface area contributed by atoms with Crippen LogP contribution in [0, 0.1) is 6.92 Å². The Morgan fingerprint density at radius 1 is 1.40 bits per heavy atom. The molecule has 25 heavy (non-hydrogen) atoms. The summed E-state index contributed by atoms with van der Waals surface area (Å²) in [5.41, 5.74) is 1.54. The fourth-order valence-corrected chi connectivity index (χ4v) is 3.60. The van der Waals surface area contributed by atoms with Crippen LogP contribution in [0.25, 0.3) is 10.2 Å². The quantitative estimate of drug-likeness (QED) is 0.760. The van der Waals surface area contributed by atoms with E-state index in [4.69, 9.17) is 25.8 Å². The molecule has 0 unspecified atom stereocenters. The van der Waals surface area contributed by atoms with Crippen LogP contribution in [-0.4, -0.2) is 36.8 Å². The highest BCUT2D eigenvalue weighted by atomic mass is 35.5. The van der Waals surface area contributed by atoms with E-state index in [-0.39, 0.29) is 18.9 Å². The minimum atomic E-state index is -0.575. The Balaban J connectivity index is 2.16. The molecule has 0 saturated heterocycles. The van der Waals surface area contributed by atoms with Gasteiger partial charge in [-0.1, -0.05) is 22.9 Å². The van der Waals surface area contributed by atoms with Crippen molar-refractivity contribution >= 4 is 45.0 Å². The van der Waals surface area contributed by atoms with E-state index < -0.39 is 11.9 Å². The zero-order valence-corrected chi connectivity index (χ0v) is 15.1. The zero-order valence-electron chi connectivity index (χ0n) is 13.6. The second-order valence-corrected chi connectivity index (χ2v) is 6.60. The van der Waals surface area contributed by atoms with Crippen LogP contribution in [0.15, 0.2) is 29.1 Å². The molecule has 2 heterocycles. The molecule has 9 heteroatoms. The number of aromatic nitrogens is 1. The summed E-state index contributed by atoms with van der Waals surface area (Å²) in [5, 5.41) is 0.563. The second-order valence-electron chi connectivity index (χ2n) is 5.18. The number of amides is 1. The van der Waals surface area contributed by atoms with Crippen molar-refractivity contribution in [3.63, 3.8) is 0 Å². The topological polar surface area (TPSA) is 79.1 Å². The SMILES string of the molecule is COC(=O)Cn1c(=NC(=O)C2=COCCO2)sc2ccc(Cl)c(C)c21. The Morgan fingerprint density at radius 2 is 2.20 bits per heavy atom. The van der Waals surface area contributed by atoms with Crippen molar-refractivity contribution in [2.75, 3.05) is 20.3 Å². The van der Waals surface area contributed by atoms with E-state index in [1.165, 1.54) is 24.7 Å². The summed E-state index contributed by atoms with van der Waals surface area (Å²) in [6, 6.07) is 3.59. The van der Waals surface area contributed by atoms with Crippen molar-refractivity contribution in [2.45, 2.75) is 13.5 Å². The van der Waals surface area contributed by atoms with E-state index in [1.807, 2.05) is 13.0 Å². The van der Waals surface area contributed by atoms with Crippen LogP contribution >= 0.6 is 22.9 Å². The molecule has 0 aliphatic carbocycles. The number of hydrogen-bond acceptors (Lipinski definition) is 6. The van der Waals surface area contributed by atoms with Gasteiger partial charge in [-0.3, -0.25) is 9.59 Å². The number of hydrogen-bond donors (Lipinski definition) is 0. The van der Waals surface area contributed by atoms with Crippen molar-refractivity contribution in [3.05, 3.63) is 39.5 Å². The summed E-state index contributed by atoms with van der Waals surface area (Å²) in [6.45, 7) is 2.44. The van der Waals surface area contributed by atoms with Crippen LogP contribution in [0.3, 0.4) is 0 Å². The van der Waals surface area contributed by atoms with Gasteiger partial charge in [-0.15, -0.1) is 0 Å². The zero-order chi connectivity index (χ0) is 18.0. The lowest BCUT2D eigenvalue weighted by Gasteiger charge is -2.12. The Kier molecular flexibility index (Phi) is 5.10. The third kappa shape index (κ3) is 3.54. The lowest BCUT2D eigenvalue weighted by molar-refractivity contribution is -0.141. The largest absolute Gasteiger partial charge is 0.494 e. The number of halogens is 1. The van der Waals surface area contributed by atoms with Crippen molar-refractivity contribution < 1.29 is 23.8 Å². The van der Waals surface area contributed by atoms with Gasteiger partial charge in [-0.2, -0.15) is 4.99 Å². The fourth-order valence-electron chi connectivity index (χ4n) is 2.36. The molecule has 0 spiro atoms. The maximum Gasteiger partial charge on any atom is 0.325 e. The molecule has 0 saturated carbocycles. The number of methoxy groups -OCH3 is 1. The molecule has 7 nitrogen and oxygen atoms in total. The monoisotopic (exact) mass is 382 g/mol. The number of benzene rings is 1. The van der Waals surface area contributed by atoms with E-state index in [2.05, 4.69) is 4.99 Å². The molecule has 1 aromatic heterocycles. The van der Waals surface area contributed by atoms with Gasteiger partial charge in [0.15, 0.2) is 4.80 Å². The molecule has 2 aromatic rings. The van der Waals surface area contributed by atoms with Crippen molar-refractivity contribution in [3.8, 4) is 0 Å². The summed E-state index contributed by atoms with van der Waals surface area (Å²) in [7, 11) is 1.30. The molecule has 3 rings (SSSR count). The van der Waals surface area contributed by atoms with Gasteiger partial charge in [0.25, 0.3) is 0 Å². The Bertz CT molecular complexity index is 944. The smallest absolute Gasteiger partial charge is 0.325 e. The first-order valence-electron chi connectivity index (χ1n) is 7.40. The maximum absolute atomic E-state index is 12.3. The van der Waals surface area contributed by atoms with Crippen LogP contribution in [0.1, 0.15) is 5.56 Å². The summed E-state index contributed by atoms with van der Waals surface area (Å²) in [5.74, 6) is -0.999. The van der Waals surface area contributed by atoms with Crippen molar-refractivity contribution in [1.29, 1.82) is 0 Å². The second kappa shape index (κ2) is 7.28. The highest BCUT2D eigenvalue weighted by Crippen LogP contribution is 2.27. The number of carbonyl (C=O) groups excluding carboxylic acids is 2. The molecular weight excluding hydrogens is 368 g/mol. The summed E-state index contributed by atoms with van der Waals surface area (Å²) in [4.78, 5) is 28.6. The molecule has 132 valence electrons. The number of aryl methyl sites for hydroxylation is 1. The third-order valence-electron chi connectivity index (χ3n) is 3.60.